The Morgan fingerprint density at radius 1 is 1.33 bits per heavy atom. The summed E-state index contributed by atoms with van der Waals surface area (Å²) in [5.74, 6) is 0. The van der Waals surface area contributed by atoms with Crippen LogP contribution in [0.25, 0.3) is 0 Å². The minimum absolute atomic E-state index is 0.159. The minimum atomic E-state index is -0.159. The molecule has 0 aromatic carbocycles. The lowest BCUT2D eigenvalue weighted by molar-refractivity contribution is 0.110. The third-order valence-corrected chi connectivity index (χ3v) is 1.69. The van der Waals surface area contributed by atoms with E-state index in [1.165, 1.54) is 5.57 Å². The van der Waals surface area contributed by atoms with Crippen molar-refractivity contribution in [3.8, 4) is 0 Å². The second kappa shape index (κ2) is 8.03. The molecule has 0 fully saturated rings. The third-order valence-electron chi connectivity index (χ3n) is 1.69. The zero-order chi connectivity index (χ0) is 11.7. The molecule has 0 rings (SSSR count). The molecule has 4 heteroatoms. The van der Waals surface area contributed by atoms with E-state index in [-0.39, 0.29) is 6.10 Å². The van der Waals surface area contributed by atoms with Crippen molar-refractivity contribution in [2.75, 3.05) is 6.61 Å². The quantitative estimate of drug-likeness (QED) is 0.294. The highest BCUT2D eigenvalue weighted by atomic mass is 16.6. The zero-order valence-electron chi connectivity index (χ0n) is 10.2. The normalized spacial score (nSPS) is 13.8. The molecule has 0 bridgehead atoms. The molecule has 0 heterocycles. The van der Waals surface area contributed by atoms with Crippen LogP contribution in [0.4, 0.5) is 0 Å². The summed E-state index contributed by atoms with van der Waals surface area (Å²) >= 11 is 0. The van der Waals surface area contributed by atoms with E-state index in [1.54, 1.807) is 13.1 Å². The van der Waals surface area contributed by atoms with Crippen molar-refractivity contribution >= 4 is 11.9 Å². The number of hydrogen-bond acceptors (Lipinski definition) is 4. The fourth-order valence-corrected chi connectivity index (χ4v) is 0.646. The van der Waals surface area contributed by atoms with Gasteiger partial charge in [-0.1, -0.05) is 15.9 Å². The lowest BCUT2D eigenvalue weighted by Gasteiger charge is -2.07. The van der Waals surface area contributed by atoms with Gasteiger partial charge in [-0.25, -0.2) is 0 Å². The van der Waals surface area contributed by atoms with Gasteiger partial charge in [-0.2, -0.15) is 0 Å². The van der Waals surface area contributed by atoms with Crippen LogP contribution >= 0.6 is 0 Å². The summed E-state index contributed by atoms with van der Waals surface area (Å²) < 4.78 is 0. The molecule has 0 saturated carbocycles. The first kappa shape index (κ1) is 13.7. The predicted octanol–water partition coefficient (Wildman–Crippen LogP) is 2.76. The van der Waals surface area contributed by atoms with Crippen LogP contribution in [0.3, 0.4) is 0 Å². The van der Waals surface area contributed by atoms with Gasteiger partial charge >= 0.3 is 0 Å². The molecule has 0 amide bonds. The van der Waals surface area contributed by atoms with E-state index in [0.29, 0.717) is 6.61 Å². The Hall–Kier alpha value is -1.32. The van der Waals surface area contributed by atoms with E-state index >= 15 is 0 Å². The molecular formula is C11H20N2O2. The van der Waals surface area contributed by atoms with Crippen LogP contribution in [0.2, 0.25) is 0 Å². The maximum atomic E-state index is 5.09. The van der Waals surface area contributed by atoms with Gasteiger partial charge in [-0.3, -0.25) is 0 Å². The molecule has 1 atom stereocenters. The fraction of sp³-hybridized carbons (Fsp3) is 0.636. The molecule has 1 unspecified atom stereocenters. The number of oxime groups is 2. The summed E-state index contributed by atoms with van der Waals surface area (Å²) in [4.78, 5) is 10.2. The predicted molar refractivity (Wildman–Crippen MR) is 63.2 cm³/mol. The Kier molecular flexibility index (Phi) is 7.32. The topological polar surface area (TPSA) is 43.2 Å². The van der Waals surface area contributed by atoms with Gasteiger partial charge in [0, 0.05) is 6.21 Å². The zero-order valence-corrected chi connectivity index (χ0v) is 10.2. The van der Waals surface area contributed by atoms with Crippen LogP contribution in [-0.4, -0.2) is 24.6 Å². The van der Waals surface area contributed by atoms with E-state index in [4.69, 9.17) is 9.68 Å². The first-order valence-electron chi connectivity index (χ1n) is 5.01. The molecule has 86 valence electrons. The highest BCUT2D eigenvalue weighted by Crippen LogP contribution is 1.96. The van der Waals surface area contributed by atoms with Crippen molar-refractivity contribution < 1.29 is 9.68 Å². The van der Waals surface area contributed by atoms with E-state index in [9.17, 15) is 0 Å². The molecule has 15 heavy (non-hydrogen) atoms. The molecule has 0 saturated heterocycles. The van der Waals surface area contributed by atoms with Gasteiger partial charge in [-0.15, -0.1) is 0 Å². The van der Waals surface area contributed by atoms with E-state index in [0.717, 1.165) is 5.71 Å². The average Bonchev–Trinajstić information content (AvgIpc) is 2.20. The molecule has 0 radical (unpaired) electrons. The smallest absolute Gasteiger partial charge is 0.165 e. The van der Waals surface area contributed by atoms with E-state index in [1.807, 2.05) is 33.8 Å². The molecule has 0 N–H and O–H groups in total. The lowest BCUT2D eigenvalue weighted by atomic mass is 10.3. The largest absolute Gasteiger partial charge is 0.392 e. The van der Waals surface area contributed by atoms with Crippen molar-refractivity contribution in [1.29, 1.82) is 0 Å². The summed E-state index contributed by atoms with van der Waals surface area (Å²) in [6, 6.07) is 0. The third kappa shape index (κ3) is 7.73. The summed E-state index contributed by atoms with van der Waals surface area (Å²) in [7, 11) is 0. The standard InChI is InChI=1S/C11H20N2O2/c1-6-12-15-11(5)10(4)13-14-8-7-9(2)3/h6-7,11H,8H2,1-5H3/b12-6+,13-10-. The Bertz CT molecular complexity index is 253. The monoisotopic (exact) mass is 212 g/mol. The SMILES string of the molecule is C/C=N/OC(C)/C(C)=N\OCC=C(C)C. The van der Waals surface area contributed by atoms with Crippen LogP contribution in [0.1, 0.15) is 34.6 Å². The van der Waals surface area contributed by atoms with E-state index < -0.39 is 0 Å². The summed E-state index contributed by atoms with van der Waals surface area (Å²) in [6.45, 7) is 10.0. The Morgan fingerprint density at radius 3 is 2.53 bits per heavy atom. The molecule has 0 aliphatic rings. The molecule has 4 nitrogen and oxygen atoms in total. The van der Waals surface area contributed by atoms with Gasteiger partial charge in [0.05, 0.1) is 5.71 Å². The lowest BCUT2D eigenvalue weighted by Crippen LogP contribution is -2.15. The molecule has 0 aromatic heterocycles. The molecule has 0 spiro atoms. The van der Waals surface area contributed by atoms with Gasteiger partial charge < -0.3 is 9.68 Å². The molecule has 0 aliphatic heterocycles. The molecular weight excluding hydrogens is 192 g/mol. The second-order valence-electron chi connectivity index (χ2n) is 3.42. The van der Waals surface area contributed by atoms with Gasteiger partial charge in [0.1, 0.15) is 6.61 Å². The summed E-state index contributed by atoms with van der Waals surface area (Å²) in [5, 5.41) is 7.60. The van der Waals surface area contributed by atoms with Crippen molar-refractivity contribution in [3.63, 3.8) is 0 Å². The molecule has 0 aromatic rings. The van der Waals surface area contributed by atoms with Gasteiger partial charge in [0.15, 0.2) is 6.10 Å². The highest BCUT2D eigenvalue weighted by molar-refractivity contribution is 5.85. The summed E-state index contributed by atoms with van der Waals surface area (Å²) in [6.07, 6.45) is 3.40. The van der Waals surface area contributed by atoms with Crippen LogP contribution in [0.15, 0.2) is 22.0 Å². The Balaban J connectivity index is 3.91. The number of hydrogen-bond donors (Lipinski definition) is 0. The van der Waals surface area contributed by atoms with Crippen molar-refractivity contribution in [2.24, 2.45) is 10.3 Å². The highest BCUT2D eigenvalue weighted by Gasteiger charge is 2.06. The van der Waals surface area contributed by atoms with Crippen LogP contribution in [0, 0.1) is 0 Å². The minimum Gasteiger partial charge on any atom is -0.392 e. The van der Waals surface area contributed by atoms with Crippen molar-refractivity contribution in [1.82, 2.24) is 0 Å². The Labute approximate surface area is 91.6 Å². The van der Waals surface area contributed by atoms with Crippen LogP contribution in [0.5, 0.6) is 0 Å². The number of allylic oxidation sites excluding steroid dienone is 1. The number of rotatable bonds is 6. The summed E-state index contributed by atoms with van der Waals surface area (Å²) in [5.41, 5.74) is 1.98. The van der Waals surface area contributed by atoms with Gasteiger partial charge in [0.2, 0.25) is 0 Å². The van der Waals surface area contributed by atoms with Crippen molar-refractivity contribution in [2.45, 2.75) is 40.7 Å². The van der Waals surface area contributed by atoms with Crippen LogP contribution in [-0.2, 0) is 9.68 Å². The maximum absolute atomic E-state index is 5.09. The van der Waals surface area contributed by atoms with E-state index in [2.05, 4.69) is 10.3 Å². The second-order valence-corrected chi connectivity index (χ2v) is 3.42. The van der Waals surface area contributed by atoms with Crippen LogP contribution < -0.4 is 0 Å². The average molecular weight is 212 g/mol. The number of nitrogens with zero attached hydrogens (tertiary/aromatic N) is 2. The van der Waals surface area contributed by atoms with Crippen molar-refractivity contribution in [3.05, 3.63) is 11.6 Å². The first-order chi connectivity index (χ1) is 7.07. The molecule has 0 aliphatic carbocycles. The Morgan fingerprint density at radius 2 is 2.00 bits per heavy atom. The first-order valence-corrected chi connectivity index (χ1v) is 5.01. The maximum Gasteiger partial charge on any atom is 0.165 e. The van der Waals surface area contributed by atoms with Gasteiger partial charge in [-0.05, 0) is 40.7 Å². The van der Waals surface area contributed by atoms with Gasteiger partial charge in [0.25, 0.3) is 0 Å². The fourth-order valence-electron chi connectivity index (χ4n) is 0.646.